The van der Waals surface area contributed by atoms with E-state index in [1.807, 2.05) is 0 Å². The van der Waals surface area contributed by atoms with Gasteiger partial charge in [0.15, 0.2) is 0 Å². The van der Waals surface area contributed by atoms with Crippen molar-refractivity contribution in [2.75, 3.05) is 0 Å². The molecule has 2 fully saturated rings. The molecule has 2 N–H and O–H groups in total. The summed E-state index contributed by atoms with van der Waals surface area (Å²) in [6.45, 7) is 2.37. The minimum atomic E-state index is 0.529. The van der Waals surface area contributed by atoms with Gasteiger partial charge in [0, 0.05) is 6.04 Å². The van der Waals surface area contributed by atoms with E-state index in [9.17, 15) is 0 Å². The average molecular weight is 139 g/mol. The van der Waals surface area contributed by atoms with Gasteiger partial charge >= 0.3 is 0 Å². The smallest absolute Gasteiger partial charge is 0.0121 e. The molecule has 0 aromatic carbocycles. The van der Waals surface area contributed by atoms with Crippen LogP contribution in [-0.2, 0) is 0 Å². The van der Waals surface area contributed by atoms with Crippen LogP contribution < -0.4 is 5.73 Å². The van der Waals surface area contributed by atoms with E-state index in [4.69, 9.17) is 5.73 Å². The Balaban J connectivity index is 2.21. The van der Waals surface area contributed by atoms with Crippen molar-refractivity contribution >= 4 is 0 Å². The fraction of sp³-hybridized carbons (Fsp3) is 1.00. The maximum Gasteiger partial charge on any atom is 0.0121 e. The number of hydrogen-bond donors (Lipinski definition) is 1. The van der Waals surface area contributed by atoms with Gasteiger partial charge in [0.2, 0.25) is 0 Å². The predicted octanol–water partition coefficient (Wildman–Crippen LogP) is 1.91. The van der Waals surface area contributed by atoms with Gasteiger partial charge < -0.3 is 5.73 Å². The first-order valence-corrected chi connectivity index (χ1v) is 4.48. The molecule has 2 aliphatic carbocycles. The Morgan fingerprint density at radius 1 is 1.30 bits per heavy atom. The molecule has 2 rings (SSSR count). The molecule has 3 atom stereocenters. The Hall–Kier alpha value is -0.0400. The van der Waals surface area contributed by atoms with Crippen molar-refractivity contribution < 1.29 is 0 Å². The summed E-state index contributed by atoms with van der Waals surface area (Å²) in [6, 6.07) is 0.529. The van der Waals surface area contributed by atoms with Crippen LogP contribution in [0.15, 0.2) is 0 Å². The van der Waals surface area contributed by atoms with Gasteiger partial charge in [-0.15, -0.1) is 0 Å². The zero-order valence-electron chi connectivity index (χ0n) is 6.77. The topological polar surface area (TPSA) is 26.0 Å². The molecule has 0 amide bonds. The fourth-order valence-corrected chi connectivity index (χ4v) is 2.81. The number of fused-ring (bicyclic) bond motifs is 2. The number of rotatable bonds is 0. The third-order valence-electron chi connectivity index (χ3n) is 3.72. The fourth-order valence-electron chi connectivity index (χ4n) is 2.81. The van der Waals surface area contributed by atoms with E-state index in [2.05, 4.69) is 6.92 Å². The third-order valence-corrected chi connectivity index (χ3v) is 3.72. The Morgan fingerprint density at radius 2 is 2.10 bits per heavy atom. The number of hydrogen-bond acceptors (Lipinski definition) is 1. The van der Waals surface area contributed by atoms with Crippen LogP contribution in [0.1, 0.15) is 39.0 Å². The summed E-state index contributed by atoms with van der Waals surface area (Å²) >= 11 is 0. The summed E-state index contributed by atoms with van der Waals surface area (Å²) in [4.78, 5) is 0. The summed E-state index contributed by atoms with van der Waals surface area (Å²) in [5.74, 6) is 0.874. The molecule has 0 aromatic heterocycles. The van der Waals surface area contributed by atoms with E-state index in [-0.39, 0.29) is 0 Å². The van der Waals surface area contributed by atoms with Crippen LogP contribution in [0.5, 0.6) is 0 Å². The molecular formula is C9H17N. The average Bonchev–Trinajstić information content (AvgIpc) is 2.18. The van der Waals surface area contributed by atoms with Crippen LogP contribution in [0, 0.1) is 11.3 Å². The highest BCUT2D eigenvalue weighted by atomic mass is 14.7. The lowest BCUT2D eigenvalue weighted by molar-refractivity contribution is 0.194. The summed E-state index contributed by atoms with van der Waals surface area (Å²) in [5, 5.41) is 0. The molecule has 10 heavy (non-hydrogen) atoms. The van der Waals surface area contributed by atoms with Crippen molar-refractivity contribution in [3.8, 4) is 0 Å². The predicted molar refractivity (Wildman–Crippen MR) is 42.7 cm³/mol. The minimum absolute atomic E-state index is 0.529. The zero-order valence-corrected chi connectivity index (χ0v) is 6.77. The SMILES string of the molecule is CC12CCCC(CC1)C2N. The molecule has 0 spiro atoms. The first-order valence-electron chi connectivity index (χ1n) is 4.48. The normalized spacial score (nSPS) is 53.4. The monoisotopic (exact) mass is 139 g/mol. The largest absolute Gasteiger partial charge is 0.327 e. The standard InChI is InChI=1S/C9H17N/c1-9-5-2-3-7(4-6-9)8(9)10/h7-8H,2-6,10H2,1H3. The Labute approximate surface area is 63.0 Å². The van der Waals surface area contributed by atoms with E-state index in [0.29, 0.717) is 11.5 Å². The van der Waals surface area contributed by atoms with Crippen LogP contribution in [0.25, 0.3) is 0 Å². The van der Waals surface area contributed by atoms with Crippen molar-refractivity contribution in [1.29, 1.82) is 0 Å². The molecule has 2 bridgehead atoms. The Bertz CT molecular complexity index is 140. The van der Waals surface area contributed by atoms with Crippen molar-refractivity contribution in [3.05, 3.63) is 0 Å². The van der Waals surface area contributed by atoms with Crippen LogP contribution in [0.4, 0.5) is 0 Å². The molecule has 0 aromatic rings. The lowest BCUT2D eigenvalue weighted by atomic mass is 9.74. The lowest BCUT2D eigenvalue weighted by Crippen LogP contribution is -2.41. The van der Waals surface area contributed by atoms with Gasteiger partial charge in [0.1, 0.15) is 0 Å². The Morgan fingerprint density at radius 3 is 2.70 bits per heavy atom. The lowest BCUT2D eigenvalue weighted by Gasteiger charge is -2.35. The van der Waals surface area contributed by atoms with Crippen molar-refractivity contribution in [3.63, 3.8) is 0 Å². The van der Waals surface area contributed by atoms with Gasteiger partial charge in [-0.3, -0.25) is 0 Å². The maximum absolute atomic E-state index is 6.12. The van der Waals surface area contributed by atoms with Gasteiger partial charge in [0.05, 0.1) is 0 Å². The first-order chi connectivity index (χ1) is 4.72. The zero-order chi connectivity index (χ0) is 7.19. The molecule has 0 heterocycles. The van der Waals surface area contributed by atoms with Crippen LogP contribution in [0.3, 0.4) is 0 Å². The first kappa shape index (κ1) is 6.66. The van der Waals surface area contributed by atoms with Gasteiger partial charge in [-0.1, -0.05) is 13.3 Å². The minimum Gasteiger partial charge on any atom is -0.327 e. The number of nitrogens with two attached hydrogens (primary N) is 1. The van der Waals surface area contributed by atoms with Crippen molar-refractivity contribution in [1.82, 2.24) is 0 Å². The van der Waals surface area contributed by atoms with E-state index in [0.717, 1.165) is 5.92 Å². The molecule has 1 nitrogen and oxygen atoms in total. The van der Waals surface area contributed by atoms with E-state index >= 15 is 0 Å². The molecule has 2 saturated carbocycles. The second-order valence-corrected chi connectivity index (χ2v) is 4.37. The molecule has 0 radical (unpaired) electrons. The van der Waals surface area contributed by atoms with Gasteiger partial charge in [0.25, 0.3) is 0 Å². The highest BCUT2D eigenvalue weighted by Gasteiger charge is 2.45. The molecule has 0 aliphatic heterocycles. The third kappa shape index (κ3) is 0.731. The van der Waals surface area contributed by atoms with Crippen molar-refractivity contribution in [2.24, 2.45) is 17.1 Å². The summed E-state index contributed by atoms with van der Waals surface area (Å²) < 4.78 is 0. The summed E-state index contributed by atoms with van der Waals surface area (Å²) in [5.41, 5.74) is 6.65. The highest BCUT2D eigenvalue weighted by Crippen LogP contribution is 2.49. The van der Waals surface area contributed by atoms with E-state index < -0.39 is 0 Å². The quantitative estimate of drug-likeness (QED) is 0.545. The molecule has 1 heteroatoms. The summed E-state index contributed by atoms with van der Waals surface area (Å²) in [6.07, 6.45) is 6.99. The van der Waals surface area contributed by atoms with Gasteiger partial charge in [-0.25, -0.2) is 0 Å². The van der Waals surface area contributed by atoms with Gasteiger partial charge in [-0.2, -0.15) is 0 Å². The highest BCUT2D eigenvalue weighted by molar-refractivity contribution is 4.99. The van der Waals surface area contributed by atoms with Crippen molar-refractivity contribution in [2.45, 2.75) is 45.1 Å². The van der Waals surface area contributed by atoms with Crippen LogP contribution in [0.2, 0.25) is 0 Å². The van der Waals surface area contributed by atoms with E-state index in [1.54, 1.807) is 0 Å². The van der Waals surface area contributed by atoms with Crippen LogP contribution >= 0.6 is 0 Å². The molecule has 0 saturated heterocycles. The maximum atomic E-state index is 6.12. The van der Waals surface area contributed by atoms with Gasteiger partial charge in [-0.05, 0) is 37.0 Å². The Kier molecular flexibility index (Phi) is 1.31. The second kappa shape index (κ2) is 1.97. The van der Waals surface area contributed by atoms with Crippen LogP contribution in [-0.4, -0.2) is 6.04 Å². The molecular weight excluding hydrogens is 122 g/mol. The summed E-state index contributed by atoms with van der Waals surface area (Å²) in [7, 11) is 0. The molecule has 3 unspecified atom stereocenters. The second-order valence-electron chi connectivity index (χ2n) is 4.37. The molecule has 58 valence electrons. The van der Waals surface area contributed by atoms with E-state index in [1.165, 1.54) is 32.1 Å². The molecule has 2 aliphatic rings.